The number of benzene rings is 2. The molecule has 2 aromatic rings. The van der Waals surface area contributed by atoms with E-state index in [0.29, 0.717) is 0 Å². The Morgan fingerprint density at radius 3 is 1.84 bits per heavy atom. The van der Waals surface area contributed by atoms with Gasteiger partial charge in [0.05, 0.1) is 15.4 Å². The second kappa shape index (κ2) is 6.93. The third-order valence-electron chi connectivity index (χ3n) is 3.12. The number of amides is 2. The first-order valence-corrected chi connectivity index (χ1v) is 6.92. The van der Waals surface area contributed by atoms with E-state index in [1.54, 1.807) is 0 Å². The summed E-state index contributed by atoms with van der Waals surface area (Å²) in [7, 11) is 0. The maximum Gasteiger partial charge on any atom is 0.295 e. The molecule has 0 aliphatic carbocycles. The zero-order chi connectivity index (χ0) is 18.7. The lowest BCUT2D eigenvalue weighted by Crippen LogP contribution is -2.14. The van der Waals surface area contributed by atoms with Gasteiger partial charge in [-0.3, -0.25) is 29.8 Å². The van der Waals surface area contributed by atoms with Crippen LogP contribution in [0.5, 0.6) is 0 Å². The van der Waals surface area contributed by atoms with Gasteiger partial charge in [0.1, 0.15) is 0 Å². The maximum atomic E-state index is 12.2. The number of halogens is 1. The van der Waals surface area contributed by atoms with E-state index < -0.39 is 38.1 Å². The highest BCUT2D eigenvalue weighted by Crippen LogP contribution is 2.35. The summed E-state index contributed by atoms with van der Waals surface area (Å²) in [6, 6.07) is 7.17. The summed E-state index contributed by atoms with van der Waals surface area (Å²) < 4.78 is 0. The largest absolute Gasteiger partial charge is 0.366 e. The first-order valence-electron chi connectivity index (χ1n) is 6.54. The van der Waals surface area contributed by atoms with Crippen molar-refractivity contribution in [3.8, 4) is 0 Å². The fourth-order valence-electron chi connectivity index (χ4n) is 1.91. The van der Waals surface area contributed by atoms with E-state index >= 15 is 0 Å². The number of nitro benzene ring substituents is 2. The quantitative estimate of drug-likeness (QED) is 0.612. The van der Waals surface area contributed by atoms with E-state index in [0.717, 1.165) is 12.1 Å². The van der Waals surface area contributed by atoms with Gasteiger partial charge in [0.15, 0.2) is 5.02 Å². The van der Waals surface area contributed by atoms with Crippen LogP contribution < -0.4 is 11.1 Å². The van der Waals surface area contributed by atoms with Crippen LogP contribution in [0, 0.1) is 20.2 Å². The fourth-order valence-corrected chi connectivity index (χ4v) is 2.16. The number of anilines is 1. The molecule has 11 heteroatoms. The molecule has 2 rings (SSSR count). The molecule has 0 radical (unpaired) electrons. The molecule has 0 bridgehead atoms. The van der Waals surface area contributed by atoms with Gasteiger partial charge in [-0.05, 0) is 24.3 Å². The summed E-state index contributed by atoms with van der Waals surface area (Å²) >= 11 is 5.62. The molecule has 0 saturated carbocycles. The number of hydrogen-bond acceptors (Lipinski definition) is 6. The number of rotatable bonds is 5. The molecule has 3 N–H and O–H groups in total. The normalized spacial score (nSPS) is 10.1. The van der Waals surface area contributed by atoms with E-state index in [-0.39, 0.29) is 16.8 Å². The molecule has 2 amide bonds. The highest BCUT2D eigenvalue weighted by atomic mass is 35.5. The Morgan fingerprint density at radius 1 is 0.960 bits per heavy atom. The van der Waals surface area contributed by atoms with E-state index in [9.17, 15) is 29.8 Å². The number of nitrogens with two attached hydrogens (primary N) is 1. The van der Waals surface area contributed by atoms with Crippen LogP contribution in [0.4, 0.5) is 17.1 Å². The molecular weight excluding hydrogens is 356 g/mol. The van der Waals surface area contributed by atoms with E-state index in [2.05, 4.69) is 5.32 Å². The van der Waals surface area contributed by atoms with Crippen molar-refractivity contribution in [1.29, 1.82) is 0 Å². The van der Waals surface area contributed by atoms with Crippen molar-refractivity contribution < 1.29 is 19.4 Å². The van der Waals surface area contributed by atoms with Crippen LogP contribution in [0.3, 0.4) is 0 Å². The number of carbonyl (C=O) groups excluding carboxylic acids is 2. The van der Waals surface area contributed by atoms with Gasteiger partial charge < -0.3 is 11.1 Å². The van der Waals surface area contributed by atoms with Crippen LogP contribution >= 0.6 is 11.6 Å². The summed E-state index contributed by atoms with van der Waals surface area (Å²) in [6.45, 7) is 0. The summed E-state index contributed by atoms with van der Waals surface area (Å²) in [5.74, 6) is -1.48. The molecule has 25 heavy (non-hydrogen) atoms. The van der Waals surface area contributed by atoms with Crippen LogP contribution in [0.2, 0.25) is 5.02 Å². The van der Waals surface area contributed by atoms with Crippen molar-refractivity contribution >= 4 is 40.5 Å². The molecule has 10 nitrogen and oxygen atoms in total. The van der Waals surface area contributed by atoms with Crippen LogP contribution in [0.15, 0.2) is 36.4 Å². The second-order valence-corrected chi connectivity index (χ2v) is 5.12. The Balaban J connectivity index is 2.37. The smallest absolute Gasteiger partial charge is 0.295 e. The van der Waals surface area contributed by atoms with Crippen LogP contribution in [0.1, 0.15) is 20.7 Å². The van der Waals surface area contributed by atoms with Gasteiger partial charge in [-0.2, -0.15) is 0 Å². The van der Waals surface area contributed by atoms with Gasteiger partial charge in [0.25, 0.3) is 17.3 Å². The number of nitrogens with zero attached hydrogens (tertiary/aromatic N) is 2. The number of nitrogens with one attached hydrogen (secondary N) is 1. The summed E-state index contributed by atoms with van der Waals surface area (Å²) in [6.07, 6.45) is 0. The van der Waals surface area contributed by atoms with Crippen molar-refractivity contribution in [2.75, 3.05) is 5.32 Å². The molecule has 0 aliphatic rings. The molecule has 0 spiro atoms. The van der Waals surface area contributed by atoms with Crippen LogP contribution in [-0.2, 0) is 0 Å². The number of carbonyl (C=O) groups is 2. The van der Waals surface area contributed by atoms with Crippen molar-refractivity contribution in [3.63, 3.8) is 0 Å². The van der Waals surface area contributed by atoms with E-state index in [1.807, 2.05) is 0 Å². The molecule has 0 heterocycles. The third kappa shape index (κ3) is 3.87. The fraction of sp³-hybridized carbons (Fsp3) is 0. The Labute approximate surface area is 144 Å². The van der Waals surface area contributed by atoms with Gasteiger partial charge >= 0.3 is 0 Å². The average molecular weight is 365 g/mol. The van der Waals surface area contributed by atoms with Gasteiger partial charge in [-0.15, -0.1) is 0 Å². The first kappa shape index (κ1) is 17.8. The predicted molar refractivity (Wildman–Crippen MR) is 87.7 cm³/mol. The Bertz CT molecular complexity index is 862. The number of nitro groups is 2. The SMILES string of the molecule is NC(=O)c1ccc(NC(=O)c2cc([N+](=O)[O-])c(Cl)c([N+](=O)[O-])c2)cc1. The topological polar surface area (TPSA) is 158 Å². The standard InChI is InChI=1S/C14H9ClN4O6/c15-12-10(18(22)23)5-8(6-11(12)19(24)25)14(21)17-9-3-1-7(2-4-9)13(16)20/h1-6H,(H2,16,20)(H,17,21). The van der Waals surface area contributed by atoms with Gasteiger partial charge in [-0.1, -0.05) is 11.6 Å². The summed E-state index contributed by atoms with van der Waals surface area (Å²) in [5, 5.41) is 23.6. The third-order valence-corrected chi connectivity index (χ3v) is 3.50. The van der Waals surface area contributed by atoms with E-state index in [1.165, 1.54) is 24.3 Å². The zero-order valence-electron chi connectivity index (χ0n) is 12.3. The number of hydrogen-bond donors (Lipinski definition) is 2. The lowest BCUT2D eigenvalue weighted by Gasteiger charge is -2.07. The minimum absolute atomic E-state index is 0.218. The van der Waals surface area contributed by atoms with Crippen LogP contribution in [-0.4, -0.2) is 21.7 Å². The predicted octanol–water partition coefficient (Wildman–Crippen LogP) is 2.51. The first-order chi connectivity index (χ1) is 11.7. The minimum atomic E-state index is -0.923. The zero-order valence-corrected chi connectivity index (χ0v) is 13.0. The highest BCUT2D eigenvalue weighted by Gasteiger charge is 2.27. The Kier molecular flexibility index (Phi) is 4.94. The molecule has 0 unspecified atom stereocenters. The molecule has 0 atom stereocenters. The monoisotopic (exact) mass is 364 g/mol. The lowest BCUT2D eigenvalue weighted by atomic mass is 10.1. The molecule has 0 aromatic heterocycles. The average Bonchev–Trinajstić information content (AvgIpc) is 2.54. The van der Waals surface area contributed by atoms with Crippen LogP contribution in [0.25, 0.3) is 0 Å². The highest BCUT2D eigenvalue weighted by molar-refractivity contribution is 6.35. The van der Waals surface area contributed by atoms with Crippen molar-refractivity contribution in [2.24, 2.45) is 5.73 Å². The van der Waals surface area contributed by atoms with E-state index in [4.69, 9.17) is 17.3 Å². The second-order valence-electron chi connectivity index (χ2n) is 4.74. The molecule has 0 aliphatic heterocycles. The Morgan fingerprint density at radius 2 is 1.44 bits per heavy atom. The van der Waals surface area contributed by atoms with Crippen molar-refractivity contribution in [3.05, 3.63) is 72.8 Å². The minimum Gasteiger partial charge on any atom is -0.366 e. The molecule has 0 saturated heterocycles. The van der Waals surface area contributed by atoms with Crippen molar-refractivity contribution in [2.45, 2.75) is 0 Å². The molecule has 128 valence electrons. The molecule has 2 aromatic carbocycles. The molecular formula is C14H9ClN4O6. The molecule has 0 fully saturated rings. The lowest BCUT2D eigenvalue weighted by molar-refractivity contribution is -0.393. The summed E-state index contributed by atoms with van der Waals surface area (Å²) in [4.78, 5) is 43.3. The maximum absolute atomic E-state index is 12.2. The van der Waals surface area contributed by atoms with Gasteiger partial charge in [-0.25, -0.2) is 0 Å². The summed E-state index contributed by atoms with van der Waals surface area (Å²) in [5.41, 5.74) is 3.74. The van der Waals surface area contributed by atoms with Gasteiger partial charge in [0.2, 0.25) is 5.91 Å². The van der Waals surface area contributed by atoms with Crippen molar-refractivity contribution in [1.82, 2.24) is 0 Å². The van der Waals surface area contributed by atoms with Gasteiger partial charge in [0, 0.05) is 23.4 Å². The Hall–Kier alpha value is -3.53. The number of primary amides is 1.